The molecule has 1 saturated heterocycles. The number of allylic oxidation sites excluding steroid dienone is 1. The molecule has 1 aliphatic heterocycles. The Hall–Kier alpha value is -0.300. The quantitative estimate of drug-likeness (QED) is 0.634. The maximum Gasteiger partial charge on any atom is 0.00673 e. The molecule has 1 heteroatoms. The van der Waals surface area contributed by atoms with Crippen molar-refractivity contribution in [3.63, 3.8) is 0 Å². The molecule has 0 unspecified atom stereocenters. The normalized spacial score (nSPS) is 19.8. The minimum Gasteiger partial charge on any atom is -0.302 e. The Balaban J connectivity index is 2.49. The number of hydrogen-bond donors (Lipinski definition) is 0. The van der Waals surface area contributed by atoms with Crippen LogP contribution in [-0.4, -0.2) is 24.5 Å². The van der Waals surface area contributed by atoms with Gasteiger partial charge in [0, 0.05) is 6.54 Å². The molecule has 0 aromatic heterocycles. The lowest BCUT2D eigenvalue weighted by atomic mass is 9.84. The topological polar surface area (TPSA) is 3.24 Å². The van der Waals surface area contributed by atoms with E-state index in [9.17, 15) is 0 Å². The molecule has 0 saturated carbocycles. The highest BCUT2D eigenvalue weighted by atomic mass is 15.1. The highest BCUT2D eigenvalue weighted by molar-refractivity contribution is 5.02. The van der Waals surface area contributed by atoms with Crippen LogP contribution < -0.4 is 0 Å². The van der Waals surface area contributed by atoms with Gasteiger partial charge in [0.25, 0.3) is 0 Å². The van der Waals surface area contributed by atoms with Crippen LogP contribution >= 0.6 is 0 Å². The zero-order valence-electron chi connectivity index (χ0n) is 11.8. The Bertz CT molecular complexity index is 232. The molecule has 1 nitrogen and oxygen atoms in total. The summed E-state index contributed by atoms with van der Waals surface area (Å²) in [6, 6.07) is 0. The van der Waals surface area contributed by atoms with E-state index in [0.717, 1.165) is 0 Å². The molecule has 1 heterocycles. The highest BCUT2D eigenvalue weighted by Gasteiger charge is 2.22. The Labute approximate surface area is 102 Å². The van der Waals surface area contributed by atoms with Crippen molar-refractivity contribution in [1.82, 2.24) is 4.90 Å². The van der Waals surface area contributed by atoms with Crippen molar-refractivity contribution >= 4 is 0 Å². The molecule has 1 rings (SSSR count). The molecule has 0 N–H and O–H groups in total. The lowest BCUT2D eigenvalue weighted by Gasteiger charge is -2.28. The Morgan fingerprint density at radius 3 is 1.94 bits per heavy atom. The van der Waals surface area contributed by atoms with Gasteiger partial charge in [0.15, 0.2) is 0 Å². The Morgan fingerprint density at radius 1 is 0.938 bits per heavy atom. The number of likely N-dealkylation sites (tertiary alicyclic amines) is 1. The van der Waals surface area contributed by atoms with E-state index in [1.165, 1.54) is 38.9 Å². The van der Waals surface area contributed by atoms with Gasteiger partial charge in [0.05, 0.1) is 0 Å². The molecule has 1 aliphatic rings. The second-order valence-electron chi connectivity index (χ2n) is 6.65. The van der Waals surface area contributed by atoms with Crippen molar-refractivity contribution in [3.8, 4) is 0 Å². The summed E-state index contributed by atoms with van der Waals surface area (Å²) in [5.74, 6) is 0. The molecule has 0 amide bonds. The number of hydrogen-bond acceptors (Lipinski definition) is 1. The fourth-order valence-corrected chi connectivity index (χ4v) is 2.14. The highest BCUT2D eigenvalue weighted by Crippen LogP contribution is 2.27. The summed E-state index contributed by atoms with van der Waals surface area (Å²) in [5, 5.41) is 0. The third kappa shape index (κ3) is 4.69. The molecular weight excluding hydrogens is 194 g/mol. The van der Waals surface area contributed by atoms with E-state index in [1.54, 1.807) is 0 Å². The van der Waals surface area contributed by atoms with Crippen molar-refractivity contribution in [1.29, 1.82) is 0 Å². The van der Waals surface area contributed by atoms with E-state index in [4.69, 9.17) is 0 Å². The van der Waals surface area contributed by atoms with Gasteiger partial charge in [-0.3, -0.25) is 0 Å². The maximum absolute atomic E-state index is 2.60. The predicted octanol–water partition coefficient (Wildman–Crippen LogP) is 4.10. The zero-order chi connectivity index (χ0) is 12.2. The first-order valence-corrected chi connectivity index (χ1v) is 6.77. The molecule has 0 spiro atoms. The van der Waals surface area contributed by atoms with Crippen LogP contribution in [0.15, 0.2) is 12.2 Å². The van der Waals surface area contributed by atoms with E-state index < -0.39 is 0 Å². The van der Waals surface area contributed by atoms with Gasteiger partial charge in [0.1, 0.15) is 0 Å². The summed E-state index contributed by atoms with van der Waals surface area (Å²) in [4.78, 5) is 2.60. The van der Waals surface area contributed by atoms with Gasteiger partial charge in [-0.1, -0.05) is 46.8 Å². The van der Waals surface area contributed by atoms with Crippen molar-refractivity contribution in [2.45, 2.75) is 53.9 Å². The van der Waals surface area contributed by atoms with Crippen LogP contribution in [0, 0.1) is 10.8 Å². The number of nitrogens with zero attached hydrogens (tertiary/aromatic N) is 1. The van der Waals surface area contributed by atoms with E-state index in [2.05, 4.69) is 51.7 Å². The molecular formula is C15H29N. The predicted molar refractivity (Wildman–Crippen MR) is 72.7 cm³/mol. The second-order valence-corrected chi connectivity index (χ2v) is 6.65. The van der Waals surface area contributed by atoms with Gasteiger partial charge in [-0.05, 0) is 43.2 Å². The first-order chi connectivity index (χ1) is 7.35. The first kappa shape index (κ1) is 13.8. The van der Waals surface area contributed by atoms with E-state index in [-0.39, 0.29) is 0 Å². The number of rotatable bonds is 5. The van der Waals surface area contributed by atoms with Crippen LogP contribution in [0.3, 0.4) is 0 Å². The average Bonchev–Trinajstić information content (AvgIpc) is 2.67. The van der Waals surface area contributed by atoms with E-state index >= 15 is 0 Å². The van der Waals surface area contributed by atoms with Crippen molar-refractivity contribution in [3.05, 3.63) is 12.2 Å². The minimum absolute atomic E-state index is 0.316. The van der Waals surface area contributed by atoms with Gasteiger partial charge >= 0.3 is 0 Å². The summed E-state index contributed by atoms with van der Waals surface area (Å²) in [5.41, 5.74) is 0.666. The van der Waals surface area contributed by atoms with Crippen LogP contribution in [0.25, 0.3) is 0 Å². The van der Waals surface area contributed by atoms with Crippen LogP contribution in [0.5, 0.6) is 0 Å². The molecule has 0 aliphatic carbocycles. The molecule has 0 atom stereocenters. The minimum atomic E-state index is 0.316. The van der Waals surface area contributed by atoms with Crippen LogP contribution in [0.1, 0.15) is 53.9 Å². The molecule has 0 aromatic carbocycles. The Kier molecular flexibility index (Phi) is 4.61. The van der Waals surface area contributed by atoms with Gasteiger partial charge < -0.3 is 4.90 Å². The smallest absolute Gasteiger partial charge is 0.00673 e. The molecule has 94 valence electrons. The van der Waals surface area contributed by atoms with Crippen LogP contribution in [0.2, 0.25) is 0 Å². The third-order valence-corrected chi connectivity index (χ3v) is 3.73. The maximum atomic E-state index is 2.60. The summed E-state index contributed by atoms with van der Waals surface area (Å²) in [6.45, 7) is 15.4. The molecule has 1 fully saturated rings. The summed E-state index contributed by atoms with van der Waals surface area (Å²) in [7, 11) is 0. The van der Waals surface area contributed by atoms with E-state index in [0.29, 0.717) is 10.8 Å². The van der Waals surface area contributed by atoms with Crippen molar-refractivity contribution in [2.24, 2.45) is 10.8 Å². The molecule has 16 heavy (non-hydrogen) atoms. The largest absolute Gasteiger partial charge is 0.302 e. The van der Waals surface area contributed by atoms with Crippen molar-refractivity contribution in [2.75, 3.05) is 19.6 Å². The average molecular weight is 223 g/mol. The van der Waals surface area contributed by atoms with E-state index in [1.807, 2.05) is 0 Å². The SMILES string of the molecule is CCC(C)(C)/C=C/C(C)(C)CN1CCCC1. The van der Waals surface area contributed by atoms with Gasteiger partial charge in [-0.2, -0.15) is 0 Å². The van der Waals surface area contributed by atoms with Crippen LogP contribution in [0.4, 0.5) is 0 Å². The van der Waals surface area contributed by atoms with Crippen LogP contribution in [-0.2, 0) is 0 Å². The van der Waals surface area contributed by atoms with Gasteiger partial charge in [-0.25, -0.2) is 0 Å². The van der Waals surface area contributed by atoms with Gasteiger partial charge in [0.2, 0.25) is 0 Å². The van der Waals surface area contributed by atoms with Gasteiger partial charge in [-0.15, -0.1) is 0 Å². The Morgan fingerprint density at radius 2 is 1.44 bits per heavy atom. The summed E-state index contributed by atoms with van der Waals surface area (Å²) < 4.78 is 0. The zero-order valence-corrected chi connectivity index (χ0v) is 11.8. The fourth-order valence-electron chi connectivity index (χ4n) is 2.14. The molecule has 0 bridgehead atoms. The molecule has 0 aromatic rings. The summed E-state index contributed by atoms with van der Waals surface area (Å²) in [6.07, 6.45) is 8.82. The monoisotopic (exact) mass is 223 g/mol. The lowest BCUT2D eigenvalue weighted by Crippen LogP contribution is -2.31. The molecule has 0 radical (unpaired) electrons. The van der Waals surface area contributed by atoms with Crippen molar-refractivity contribution < 1.29 is 0 Å². The fraction of sp³-hybridized carbons (Fsp3) is 0.867. The lowest BCUT2D eigenvalue weighted by molar-refractivity contribution is 0.249. The summed E-state index contributed by atoms with van der Waals surface area (Å²) >= 11 is 0. The second kappa shape index (κ2) is 5.35. The third-order valence-electron chi connectivity index (χ3n) is 3.73. The first-order valence-electron chi connectivity index (χ1n) is 6.77. The standard InChI is InChI=1S/C15H29N/c1-6-14(2,3)9-10-15(4,5)13-16-11-7-8-12-16/h9-10H,6-8,11-13H2,1-5H3/b10-9+.